The van der Waals surface area contributed by atoms with Crippen molar-refractivity contribution >= 4 is 28.0 Å². The molecule has 2 aromatic carbocycles. The monoisotopic (exact) mass is 513 g/mol. The predicted molar refractivity (Wildman–Crippen MR) is 127 cm³/mol. The van der Waals surface area contributed by atoms with Crippen LogP contribution in [0, 0.1) is 0 Å². The van der Waals surface area contributed by atoms with Gasteiger partial charge in [-0.1, -0.05) is 30.3 Å². The fourth-order valence-electron chi connectivity index (χ4n) is 2.87. The molecule has 0 saturated heterocycles. The van der Waals surface area contributed by atoms with Crippen molar-refractivity contribution in [2.45, 2.75) is 11.3 Å². The van der Waals surface area contributed by atoms with Gasteiger partial charge in [0.2, 0.25) is 5.88 Å². The van der Waals surface area contributed by atoms with Crippen LogP contribution in [0.5, 0.6) is 11.6 Å². The molecule has 0 unspecified atom stereocenters. The van der Waals surface area contributed by atoms with Crippen LogP contribution in [0.4, 0.5) is 4.79 Å². The number of benzene rings is 2. The summed E-state index contributed by atoms with van der Waals surface area (Å²) in [5.41, 5.74) is 0.577. The molecule has 2 N–H and O–H groups in total. The van der Waals surface area contributed by atoms with E-state index in [1.165, 1.54) is 30.3 Å². The molecule has 0 aliphatic rings. The highest BCUT2D eigenvalue weighted by molar-refractivity contribution is 7.90. The van der Waals surface area contributed by atoms with Crippen LogP contribution < -0.4 is 19.5 Å². The molecule has 12 heteroatoms. The van der Waals surface area contributed by atoms with Crippen LogP contribution >= 0.6 is 0 Å². The summed E-state index contributed by atoms with van der Waals surface area (Å²) in [6, 6.07) is 17.4. The van der Waals surface area contributed by atoms with Gasteiger partial charge in [0.05, 0.1) is 17.6 Å². The van der Waals surface area contributed by atoms with Crippen molar-refractivity contribution in [2.24, 2.45) is 0 Å². The molecule has 11 nitrogen and oxygen atoms in total. The highest BCUT2D eigenvalue weighted by Crippen LogP contribution is 2.14. The number of hydrogen-bond donors (Lipinski definition) is 2. The summed E-state index contributed by atoms with van der Waals surface area (Å²) in [5.74, 6) is -0.767. The Kier molecular flexibility index (Phi) is 8.95. The van der Waals surface area contributed by atoms with E-state index in [9.17, 15) is 22.8 Å². The Balaban J connectivity index is 1.53. The number of methoxy groups -OCH3 is 1. The van der Waals surface area contributed by atoms with E-state index in [2.05, 4.69) is 15.0 Å². The lowest BCUT2D eigenvalue weighted by molar-refractivity contribution is -0.123. The SMILES string of the molecule is COC(=O)Oc1ccc(C(=O)NS(=O)(=O)c2cccc(CCNC(=O)COc3ccccc3)c2)cn1. The maximum absolute atomic E-state index is 12.7. The van der Waals surface area contributed by atoms with Crippen LogP contribution in [0.2, 0.25) is 0 Å². The lowest BCUT2D eigenvalue weighted by Crippen LogP contribution is -2.31. The average Bonchev–Trinajstić information content (AvgIpc) is 2.88. The lowest BCUT2D eigenvalue weighted by atomic mass is 10.1. The van der Waals surface area contributed by atoms with Crippen LogP contribution in [0.15, 0.2) is 77.8 Å². The van der Waals surface area contributed by atoms with Gasteiger partial charge in [0, 0.05) is 18.8 Å². The highest BCUT2D eigenvalue weighted by Gasteiger charge is 2.20. The van der Waals surface area contributed by atoms with E-state index < -0.39 is 22.1 Å². The molecular weight excluding hydrogens is 490 g/mol. The Morgan fingerprint density at radius 3 is 2.44 bits per heavy atom. The molecular formula is C24H23N3O8S. The number of ether oxygens (including phenoxy) is 3. The number of carbonyl (C=O) groups is 3. The molecule has 3 aromatic rings. The molecule has 36 heavy (non-hydrogen) atoms. The van der Waals surface area contributed by atoms with Crippen LogP contribution in [-0.2, 0) is 26.0 Å². The smallest absolute Gasteiger partial charge is 0.484 e. The first-order valence-corrected chi connectivity index (χ1v) is 12.1. The first kappa shape index (κ1) is 26.2. The third-order valence-electron chi connectivity index (χ3n) is 4.64. The van der Waals surface area contributed by atoms with E-state index >= 15 is 0 Å². The van der Waals surface area contributed by atoms with E-state index in [1.807, 2.05) is 10.8 Å². The van der Waals surface area contributed by atoms with Crippen molar-refractivity contribution in [3.63, 3.8) is 0 Å². The van der Waals surface area contributed by atoms with Gasteiger partial charge in [0.25, 0.3) is 21.8 Å². The first-order chi connectivity index (χ1) is 17.3. The van der Waals surface area contributed by atoms with E-state index in [1.54, 1.807) is 30.3 Å². The minimum Gasteiger partial charge on any atom is -0.484 e. The Hall–Kier alpha value is -4.45. The molecule has 188 valence electrons. The average molecular weight is 514 g/mol. The molecule has 3 rings (SSSR count). The maximum atomic E-state index is 12.7. The van der Waals surface area contributed by atoms with Gasteiger partial charge in [-0.05, 0) is 42.3 Å². The molecule has 0 bridgehead atoms. The molecule has 0 spiro atoms. The quantitative estimate of drug-likeness (QED) is 0.388. The number of pyridine rings is 1. The summed E-state index contributed by atoms with van der Waals surface area (Å²) in [6.45, 7) is 0.119. The van der Waals surface area contributed by atoms with Crippen molar-refractivity contribution in [1.82, 2.24) is 15.0 Å². The second kappa shape index (κ2) is 12.3. The van der Waals surface area contributed by atoms with Gasteiger partial charge in [0.1, 0.15) is 5.75 Å². The third kappa shape index (κ3) is 7.81. The number of hydrogen-bond acceptors (Lipinski definition) is 9. The van der Waals surface area contributed by atoms with Crippen molar-refractivity contribution in [3.05, 3.63) is 84.1 Å². The summed E-state index contributed by atoms with van der Waals surface area (Å²) < 4.78 is 41.8. The minimum atomic E-state index is -4.18. The minimum absolute atomic E-state index is 0.0626. The third-order valence-corrected chi connectivity index (χ3v) is 5.97. The fourth-order valence-corrected chi connectivity index (χ4v) is 3.92. The van der Waals surface area contributed by atoms with Crippen molar-refractivity contribution in [1.29, 1.82) is 0 Å². The highest BCUT2D eigenvalue weighted by atomic mass is 32.2. The molecule has 0 saturated carbocycles. The number of sulfonamides is 1. The second-order valence-corrected chi connectivity index (χ2v) is 8.91. The molecule has 0 radical (unpaired) electrons. The van der Waals surface area contributed by atoms with Crippen LogP contribution in [-0.4, -0.2) is 51.6 Å². The van der Waals surface area contributed by atoms with Gasteiger partial charge in [-0.2, -0.15) is 0 Å². The van der Waals surface area contributed by atoms with Gasteiger partial charge in [-0.15, -0.1) is 0 Å². The number of rotatable bonds is 10. The number of para-hydroxylation sites is 1. The predicted octanol–water partition coefficient (Wildman–Crippen LogP) is 2.08. The lowest BCUT2D eigenvalue weighted by Gasteiger charge is -2.10. The van der Waals surface area contributed by atoms with Crippen molar-refractivity contribution in [3.8, 4) is 11.6 Å². The zero-order valence-electron chi connectivity index (χ0n) is 19.2. The zero-order valence-corrected chi connectivity index (χ0v) is 20.0. The Bertz CT molecular complexity index is 1310. The number of nitrogens with zero attached hydrogens (tertiary/aromatic N) is 1. The van der Waals surface area contributed by atoms with Gasteiger partial charge in [-0.3, -0.25) is 9.59 Å². The van der Waals surface area contributed by atoms with Gasteiger partial charge < -0.3 is 19.5 Å². The van der Waals surface area contributed by atoms with E-state index in [-0.39, 0.29) is 35.4 Å². The number of amides is 2. The standard InChI is InChI=1S/C24H23N3O8S/c1-33-24(30)35-22-11-10-18(15-26-22)23(29)27-36(31,32)20-9-5-6-17(14-20)12-13-25-21(28)16-34-19-7-3-2-4-8-19/h2-11,14-15H,12-13,16H2,1H3,(H,25,28)(H,27,29). The van der Waals surface area contributed by atoms with Gasteiger partial charge in [0.15, 0.2) is 6.61 Å². The molecule has 2 amide bonds. The Labute approximate surface area is 207 Å². The topological polar surface area (TPSA) is 150 Å². The van der Waals surface area contributed by atoms with Crippen molar-refractivity contribution < 1.29 is 37.0 Å². The Morgan fingerprint density at radius 2 is 1.75 bits per heavy atom. The molecule has 0 aliphatic heterocycles. The fraction of sp³-hybridized carbons (Fsp3) is 0.167. The first-order valence-electron chi connectivity index (χ1n) is 10.6. The maximum Gasteiger partial charge on any atom is 0.514 e. The largest absolute Gasteiger partial charge is 0.514 e. The second-order valence-electron chi connectivity index (χ2n) is 7.23. The summed E-state index contributed by atoms with van der Waals surface area (Å²) >= 11 is 0. The Morgan fingerprint density at radius 1 is 0.972 bits per heavy atom. The number of aromatic nitrogens is 1. The molecule has 0 fully saturated rings. The van der Waals surface area contributed by atoms with Crippen LogP contribution in [0.25, 0.3) is 0 Å². The molecule has 1 aromatic heterocycles. The summed E-state index contributed by atoms with van der Waals surface area (Å²) in [5, 5.41) is 2.70. The van der Waals surface area contributed by atoms with E-state index in [0.29, 0.717) is 17.7 Å². The molecule has 1 heterocycles. The normalized spacial score (nSPS) is 10.7. The zero-order chi connectivity index (χ0) is 26.0. The van der Waals surface area contributed by atoms with E-state index in [4.69, 9.17) is 9.47 Å². The van der Waals surface area contributed by atoms with Crippen LogP contribution in [0.3, 0.4) is 0 Å². The number of carbonyl (C=O) groups excluding carboxylic acids is 3. The van der Waals surface area contributed by atoms with Gasteiger partial charge >= 0.3 is 6.16 Å². The number of nitrogens with one attached hydrogen (secondary N) is 2. The summed E-state index contributed by atoms with van der Waals surface area (Å²) in [6.07, 6.45) is 0.436. The molecule has 0 atom stereocenters. The molecule has 0 aliphatic carbocycles. The summed E-state index contributed by atoms with van der Waals surface area (Å²) in [4.78, 5) is 39.1. The van der Waals surface area contributed by atoms with E-state index in [0.717, 1.165) is 13.3 Å². The van der Waals surface area contributed by atoms with Crippen molar-refractivity contribution in [2.75, 3.05) is 20.3 Å². The van der Waals surface area contributed by atoms with Gasteiger partial charge in [-0.25, -0.2) is 22.9 Å². The van der Waals surface area contributed by atoms with Crippen LogP contribution in [0.1, 0.15) is 15.9 Å². The summed E-state index contributed by atoms with van der Waals surface area (Å²) in [7, 11) is -3.06.